The number of amides is 1. The highest BCUT2D eigenvalue weighted by atomic mass is 127. The molecule has 1 saturated heterocycles. The third-order valence-corrected chi connectivity index (χ3v) is 4.95. The normalized spacial score (nSPS) is 20.5. The molecule has 0 N–H and O–H groups in total. The fourth-order valence-electron chi connectivity index (χ4n) is 1.79. The minimum Gasteiger partial charge on any atom is -0.310 e. The van der Waals surface area contributed by atoms with Gasteiger partial charge in [0.05, 0.1) is 5.69 Å². The van der Waals surface area contributed by atoms with Crippen molar-refractivity contribution in [1.29, 1.82) is 0 Å². The maximum Gasteiger partial charge on any atom is 0.307 e. The maximum absolute atomic E-state index is 12.9. The van der Waals surface area contributed by atoms with E-state index >= 15 is 0 Å². The standard InChI is InChI=1S/C10H8ClFINO3S/c11-6-1-2-8(13)9(3-6)14-5-7(4-10(14)15)18(12,16)17/h1-3,7H,4-5H2. The van der Waals surface area contributed by atoms with E-state index < -0.39 is 21.4 Å². The largest absolute Gasteiger partial charge is 0.310 e. The fourth-order valence-corrected chi connectivity index (χ4v) is 3.25. The molecule has 4 nitrogen and oxygen atoms in total. The molecule has 1 aliphatic heterocycles. The van der Waals surface area contributed by atoms with Crippen molar-refractivity contribution in [1.82, 2.24) is 0 Å². The molecule has 8 heteroatoms. The lowest BCUT2D eigenvalue weighted by Gasteiger charge is -2.18. The summed E-state index contributed by atoms with van der Waals surface area (Å²) >= 11 is 7.84. The summed E-state index contributed by atoms with van der Waals surface area (Å²) in [5, 5.41) is -0.857. The molecule has 0 bridgehead atoms. The molecule has 0 aromatic heterocycles. The topological polar surface area (TPSA) is 54.5 Å². The van der Waals surface area contributed by atoms with Crippen molar-refractivity contribution >= 4 is 56.0 Å². The van der Waals surface area contributed by atoms with E-state index in [4.69, 9.17) is 11.6 Å². The first-order valence-corrected chi connectivity index (χ1v) is 7.88. The average molecular weight is 404 g/mol. The smallest absolute Gasteiger partial charge is 0.307 e. The van der Waals surface area contributed by atoms with Crippen LogP contribution in [0.4, 0.5) is 9.57 Å². The quantitative estimate of drug-likeness (QED) is 0.563. The number of anilines is 1. The Balaban J connectivity index is 2.35. The van der Waals surface area contributed by atoms with Crippen LogP contribution in [-0.4, -0.2) is 26.1 Å². The zero-order chi connectivity index (χ0) is 13.5. The number of halogens is 3. The van der Waals surface area contributed by atoms with Crippen LogP contribution in [0.15, 0.2) is 18.2 Å². The van der Waals surface area contributed by atoms with Crippen LogP contribution in [0.3, 0.4) is 0 Å². The van der Waals surface area contributed by atoms with Crippen molar-refractivity contribution in [3.8, 4) is 0 Å². The van der Waals surface area contributed by atoms with Crippen molar-refractivity contribution in [3.05, 3.63) is 26.8 Å². The molecule has 1 amide bonds. The summed E-state index contributed by atoms with van der Waals surface area (Å²) in [7, 11) is -4.70. The van der Waals surface area contributed by atoms with Gasteiger partial charge in [0.1, 0.15) is 5.25 Å². The van der Waals surface area contributed by atoms with Gasteiger partial charge in [-0.3, -0.25) is 4.79 Å². The predicted molar refractivity (Wildman–Crippen MR) is 75.0 cm³/mol. The van der Waals surface area contributed by atoms with Gasteiger partial charge in [-0.15, -0.1) is 3.89 Å². The number of nitrogens with zero attached hydrogens (tertiary/aromatic N) is 1. The summed E-state index contributed by atoms with van der Waals surface area (Å²) in [4.78, 5) is 13.0. The second-order valence-electron chi connectivity index (χ2n) is 3.90. The van der Waals surface area contributed by atoms with E-state index in [2.05, 4.69) is 0 Å². The Morgan fingerprint density at radius 1 is 1.44 bits per heavy atom. The van der Waals surface area contributed by atoms with Crippen LogP contribution >= 0.6 is 34.2 Å². The number of rotatable bonds is 2. The molecular formula is C10H8ClFINO3S. The lowest BCUT2D eigenvalue weighted by Crippen LogP contribution is -2.27. The third kappa shape index (κ3) is 2.77. The lowest BCUT2D eigenvalue weighted by molar-refractivity contribution is -0.117. The van der Waals surface area contributed by atoms with Gasteiger partial charge < -0.3 is 4.90 Å². The average Bonchev–Trinajstić information content (AvgIpc) is 2.64. The van der Waals surface area contributed by atoms with Crippen molar-refractivity contribution in [2.75, 3.05) is 11.4 Å². The third-order valence-electron chi connectivity index (χ3n) is 2.69. The highest BCUT2D eigenvalue weighted by Gasteiger charge is 2.39. The Kier molecular flexibility index (Phi) is 3.84. The molecule has 0 aliphatic carbocycles. The van der Waals surface area contributed by atoms with Gasteiger partial charge in [0.2, 0.25) is 5.91 Å². The van der Waals surface area contributed by atoms with Crippen LogP contribution in [0.25, 0.3) is 0 Å². The molecule has 1 aromatic rings. The van der Waals surface area contributed by atoms with E-state index in [-0.39, 0.29) is 13.0 Å². The minimum absolute atomic E-state index is 0.173. The van der Waals surface area contributed by atoms with E-state index in [0.717, 1.165) is 3.57 Å². The van der Waals surface area contributed by atoms with Crippen LogP contribution in [0, 0.1) is 3.57 Å². The number of hydrogen-bond donors (Lipinski definition) is 0. The van der Waals surface area contributed by atoms with Gasteiger partial charge >= 0.3 is 10.2 Å². The van der Waals surface area contributed by atoms with Gasteiger partial charge in [0, 0.05) is 21.6 Å². The molecule has 0 spiro atoms. The van der Waals surface area contributed by atoms with Crippen molar-refractivity contribution in [2.24, 2.45) is 0 Å². The Labute approximate surface area is 122 Å². The predicted octanol–water partition coefficient (Wildman–Crippen LogP) is 2.35. The summed E-state index contributed by atoms with van der Waals surface area (Å²) in [6, 6.07) is 4.94. The van der Waals surface area contributed by atoms with Crippen LogP contribution in [0.1, 0.15) is 6.42 Å². The Bertz CT molecular complexity index is 607. The van der Waals surface area contributed by atoms with Crippen LogP contribution in [0.5, 0.6) is 0 Å². The first-order chi connectivity index (χ1) is 8.29. The molecule has 1 heterocycles. The Morgan fingerprint density at radius 2 is 2.11 bits per heavy atom. The second-order valence-corrected chi connectivity index (χ2v) is 7.12. The number of hydrogen-bond acceptors (Lipinski definition) is 3. The summed E-state index contributed by atoms with van der Waals surface area (Å²) in [6.07, 6.45) is -0.332. The molecular weight excluding hydrogens is 396 g/mol. The second kappa shape index (κ2) is 4.93. The monoisotopic (exact) mass is 403 g/mol. The highest BCUT2D eigenvalue weighted by molar-refractivity contribution is 14.1. The molecule has 1 aromatic carbocycles. The van der Waals surface area contributed by atoms with Gasteiger partial charge in [-0.2, -0.15) is 8.42 Å². The van der Waals surface area contributed by atoms with Crippen molar-refractivity contribution in [2.45, 2.75) is 11.7 Å². The van der Waals surface area contributed by atoms with Gasteiger partial charge in [-0.25, -0.2) is 0 Å². The summed E-state index contributed by atoms with van der Waals surface area (Å²) in [5.74, 6) is -0.415. The number of carbonyl (C=O) groups excluding carboxylic acids is 1. The van der Waals surface area contributed by atoms with Crippen molar-refractivity contribution in [3.63, 3.8) is 0 Å². The zero-order valence-corrected chi connectivity index (χ0v) is 12.7. The Morgan fingerprint density at radius 3 is 2.67 bits per heavy atom. The van der Waals surface area contributed by atoms with Crippen molar-refractivity contribution < 1.29 is 17.1 Å². The summed E-state index contributed by atoms with van der Waals surface area (Å²) in [5.41, 5.74) is 0.513. The molecule has 1 atom stereocenters. The molecule has 1 aliphatic rings. The summed E-state index contributed by atoms with van der Waals surface area (Å²) < 4.78 is 35.3. The zero-order valence-electron chi connectivity index (χ0n) is 8.94. The maximum atomic E-state index is 12.9. The van der Waals surface area contributed by atoms with Gasteiger partial charge in [-0.05, 0) is 40.8 Å². The molecule has 1 fully saturated rings. The first-order valence-electron chi connectivity index (χ1n) is 4.98. The number of carbonyl (C=O) groups is 1. The van der Waals surface area contributed by atoms with Crippen LogP contribution in [-0.2, 0) is 15.0 Å². The molecule has 0 saturated carbocycles. The van der Waals surface area contributed by atoms with E-state index in [9.17, 15) is 17.1 Å². The van der Waals surface area contributed by atoms with Crippen LogP contribution in [0.2, 0.25) is 5.02 Å². The van der Waals surface area contributed by atoms with E-state index in [1.54, 1.807) is 18.2 Å². The Hall–Kier alpha value is -0.410. The van der Waals surface area contributed by atoms with Crippen LogP contribution < -0.4 is 4.90 Å². The van der Waals surface area contributed by atoms with E-state index in [1.165, 1.54) is 4.90 Å². The van der Waals surface area contributed by atoms with E-state index in [1.807, 2.05) is 22.6 Å². The molecule has 1 unspecified atom stereocenters. The molecule has 98 valence electrons. The summed E-state index contributed by atoms with van der Waals surface area (Å²) in [6.45, 7) is -0.173. The van der Waals surface area contributed by atoms with Gasteiger partial charge in [0.15, 0.2) is 0 Å². The SMILES string of the molecule is O=C1CC(S(=O)(=O)F)CN1c1cc(Cl)ccc1I. The molecule has 18 heavy (non-hydrogen) atoms. The van der Waals surface area contributed by atoms with E-state index in [0.29, 0.717) is 10.7 Å². The molecule has 2 rings (SSSR count). The lowest BCUT2D eigenvalue weighted by atomic mass is 10.3. The van der Waals surface area contributed by atoms with Gasteiger partial charge in [-0.1, -0.05) is 11.6 Å². The fraction of sp³-hybridized carbons (Fsp3) is 0.300. The number of benzene rings is 1. The molecule has 0 radical (unpaired) electrons. The highest BCUT2D eigenvalue weighted by Crippen LogP contribution is 2.31. The van der Waals surface area contributed by atoms with Gasteiger partial charge in [0.25, 0.3) is 0 Å². The first kappa shape index (κ1) is 14.0. The minimum atomic E-state index is -4.70.